The number of hydrogen-bond donors (Lipinski definition) is 1. The second-order valence-corrected chi connectivity index (χ2v) is 6.34. The number of pyridine rings is 1. The van der Waals surface area contributed by atoms with E-state index in [1.54, 1.807) is 12.1 Å². The largest absolute Gasteiger partial charge is 0.476 e. The Morgan fingerprint density at radius 1 is 1.39 bits per heavy atom. The Labute approximate surface area is 135 Å². The van der Waals surface area contributed by atoms with Crippen LogP contribution in [0.2, 0.25) is 0 Å². The highest BCUT2D eigenvalue weighted by Gasteiger charge is 2.38. The number of anilines is 2. The van der Waals surface area contributed by atoms with E-state index in [4.69, 9.17) is 15.2 Å². The molecule has 2 heterocycles. The summed E-state index contributed by atoms with van der Waals surface area (Å²) >= 11 is 0. The topological polar surface area (TPSA) is 94.8 Å². The van der Waals surface area contributed by atoms with Crippen molar-refractivity contribution in [3.8, 4) is 5.75 Å². The molecule has 126 valence electrons. The fraction of sp³-hybridized carbons (Fsp3) is 0.562. The lowest BCUT2D eigenvalue weighted by Gasteiger charge is -2.34. The zero-order valence-electron chi connectivity index (χ0n) is 13.9. The predicted molar refractivity (Wildman–Crippen MR) is 86.1 cm³/mol. The molecular weight excluding hydrogens is 298 g/mol. The number of nitrogens with zero attached hydrogens (tertiary/aromatic N) is 2. The second-order valence-electron chi connectivity index (χ2n) is 6.34. The van der Waals surface area contributed by atoms with Crippen molar-refractivity contribution in [1.29, 1.82) is 0 Å². The fourth-order valence-corrected chi connectivity index (χ4v) is 2.19. The Morgan fingerprint density at radius 2 is 2.09 bits per heavy atom. The highest BCUT2D eigenvalue weighted by molar-refractivity contribution is 6.02. The van der Waals surface area contributed by atoms with Gasteiger partial charge in [0.2, 0.25) is 0 Å². The highest BCUT2D eigenvalue weighted by atomic mass is 16.5. The lowest BCUT2D eigenvalue weighted by Crippen LogP contribution is -2.50. The molecule has 1 unspecified atom stereocenters. The lowest BCUT2D eigenvalue weighted by atomic mass is 10.0. The van der Waals surface area contributed by atoms with Crippen LogP contribution in [0.1, 0.15) is 27.7 Å². The zero-order chi connectivity index (χ0) is 17.1. The van der Waals surface area contributed by atoms with Gasteiger partial charge in [-0.15, -0.1) is 0 Å². The van der Waals surface area contributed by atoms with Gasteiger partial charge in [0, 0.05) is 0 Å². The van der Waals surface area contributed by atoms with Crippen molar-refractivity contribution in [3.05, 3.63) is 12.1 Å². The smallest absolute Gasteiger partial charge is 0.326 e. The Hall–Kier alpha value is -2.31. The third kappa shape index (κ3) is 3.91. The summed E-state index contributed by atoms with van der Waals surface area (Å²) in [6, 6.07) is 3.26. The molecule has 1 amide bonds. The van der Waals surface area contributed by atoms with Crippen LogP contribution < -0.4 is 15.4 Å². The maximum absolute atomic E-state index is 12.6. The molecule has 23 heavy (non-hydrogen) atoms. The molecule has 0 bridgehead atoms. The molecule has 0 saturated carbocycles. The fourth-order valence-electron chi connectivity index (χ4n) is 2.19. The summed E-state index contributed by atoms with van der Waals surface area (Å²) in [6.07, 6.45) is -0.661. The molecule has 1 aliphatic rings. The van der Waals surface area contributed by atoms with Crippen LogP contribution >= 0.6 is 0 Å². The summed E-state index contributed by atoms with van der Waals surface area (Å²) < 4.78 is 10.9. The first-order valence-electron chi connectivity index (χ1n) is 7.69. The van der Waals surface area contributed by atoms with E-state index in [0.29, 0.717) is 12.4 Å². The highest BCUT2D eigenvalue weighted by Crippen LogP contribution is 2.34. The monoisotopic (exact) mass is 321 g/mol. The molecule has 1 aromatic heterocycles. The average molecular weight is 321 g/mol. The van der Waals surface area contributed by atoms with Gasteiger partial charge in [-0.05, 0) is 24.0 Å². The van der Waals surface area contributed by atoms with Gasteiger partial charge in [0.1, 0.15) is 12.4 Å². The number of ether oxygens (including phenoxy) is 2. The summed E-state index contributed by atoms with van der Waals surface area (Å²) in [4.78, 5) is 30.1. The van der Waals surface area contributed by atoms with Crippen molar-refractivity contribution >= 4 is 23.5 Å². The van der Waals surface area contributed by atoms with Gasteiger partial charge in [0.25, 0.3) is 5.91 Å². The van der Waals surface area contributed by atoms with Crippen LogP contribution in [0.4, 0.5) is 11.6 Å². The third-order valence-corrected chi connectivity index (χ3v) is 3.35. The Bertz CT molecular complexity index is 601. The van der Waals surface area contributed by atoms with E-state index in [0.717, 1.165) is 0 Å². The van der Waals surface area contributed by atoms with E-state index < -0.39 is 12.1 Å². The molecule has 0 saturated heterocycles. The van der Waals surface area contributed by atoms with Crippen LogP contribution in [-0.2, 0) is 14.3 Å². The minimum absolute atomic E-state index is 0.0395. The molecule has 2 rings (SSSR count). The van der Waals surface area contributed by atoms with Crippen LogP contribution in [0.5, 0.6) is 5.75 Å². The van der Waals surface area contributed by atoms with Gasteiger partial charge < -0.3 is 15.2 Å². The quantitative estimate of drug-likeness (QED) is 0.828. The molecule has 1 aromatic rings. The number of carbonyl (C=O) groups excluding carboxylic acids is 2. The zero-order valence-corrected chi connectivity index (χ0v) is 13.9. The van der Waals surface area contributed by atoms with Crippen LogP contribution in [-0.4, -0.2) is 36.1 Å². The first-order valence-corrected chi connectivity index (χ1v) is 7.69. The maximum atomic E-state index is 12.6. The number of rotatable bonds is 5. The molecule has 0 fully saturated rings. The molecule has 7 nitrogen and oxygen atoms in total. The standard InChI is InChI=1S/C16H23N3O4/c1-9(2)8-22-13(20)7-19-15-11(5-6-12(17)18-15)23-14(10(3)4)16(19)21/h5-6,9-10,14H,7-8H2,1-4H3,(H2,17,18). The van der Waals surface area contributed by atoms with E-state index in [1.807, 2.05) is 27.7 Å². The summed E-state index contributed by atoms with van der Waals surface area (Å²) in [7, 11) is 0. The van der Waals surface area contributed by atoms with Crippen molar-refractivity contribution in [2.24, 2.45) is 11.8 Å². The number of nitrogen functional groups attached to an aromatic ring is 1. The Balaban J connectivity index is 2.26. The number of fused-ring (bicyclic) bond motifs is 1. The van der Waals surface area contributed by atoms with Gasteiger partial charge in [-0.25, -0.2) is 4.98 Å². The van der Waals surface area contributed by atoms with Gasteiger partial charge in [-0.3, -0.25) is 14.5 Å². The third-order valence-electron chi connectivity index (χ3n) is 3.35. The van der Waals surface area contributed by atoms with E-state index in [-0.39, 0.29) is 35.9 Å². The molecule has 2 N–H and O–H groups in total. The molecule has 0 aromatic carbocycles. The second kappa shape index (κ2) is 6.85. The molecule has 1 atom stereocenters. The van der Waals surface area contributed by atoms with E-state index >= 15 is 0 Å². The number of amides is 1. The predicted octanol–water partition coefficient (Wildman–Crippen LogP) is 1.61. The summed E-state index contributed by atoms with van der Waals surface area (Å²) in [5.74, 6) is 0.344. The van der Waals surface area contributed by atoms with Crippen molar-refractivity contribution in [3.63, 3.8) is 0 Å². The Kier molecular flexibility index (Phi) is 5.08. The van der Waals surface area contributed by atoms with Crippen molar-refractivity contribution < 1.29 is 19.1 Å². The lowest BCUT2D eigenvalue weighted by molar-refractivity contribution is -0.144. The molecule has 0 aliphatic carbocycles. The van der Waals surface area contributed by atoms with Crippen LogP contribution in [0.3, 0.4) is 0 Å². The number of esters is 1. The summed E-state index contributed by atoms with van der Waals surface area (Å²) in [6.45, 7) is 7.75. The first-order chi connectivity index (χ1) is 10.8. The maximum Gasteiger partial charge on any atom is 0.326 e. The van der Waals surface area contributed by atoms with Crippen molar-refractivity contribution in [2.45, 2.75) is 33.8 Å². The van der Waals surface area contributed by atoms with Gasteiger partial charge in [0.15, 0.2) is 17.7 Å². The number of carbonyl (C=O) groups is 2. The van der Waals surface area contributed by atoms with Crippen LogP contribution in [0.15, 0.2) is 12.1 Å². The van der Waals surface area contributed by atoms with Crippen molar-refractivity contribution in [2.75, 3.05) is 23.8 Å². The molecule has 1 aliphatic heterocycles. The number of hydrogen-bond acceptors (Lipinski definition) is 6. The van der Waals surface area contributed by atoms with Crippen molar-refractivity contribution in [1.82, 2.24) is 4.98 Å². The van der Waals surface area contributed by atoms with Gasteiger partial charge >= 0.3 is 5.97 Å². The molecule has 0 radical (unpaired) electrons. The van der Waals surface area contributed by atoms with Crippen LogP contribution in [0.25, 0.3) is 0 Å². The number of aromatic nitrogens is 1. The van der Waals surface area contributed by atoms with E-state index in [2.05, 4.69) is 4.98 Å². The normalized spacial score (nSPS) is 17.2. The Morgan fingerprint density at radius 3 is 2.70 bits per heavy atom. The van der Waals surface area contributed by atoms with Gasteiger partial charge in [-0.1, -0.05) is 27.7 Å². The molecule has 7 heteroatoms. The molecule has 0 spiro atoms. The van der Waals surface area contributed by atoms with Crippen LogP contribution in [0, 0.1) is 11.8 Å². The van der Waals surface area contributed by atoms with Gasteiger partial charge in [-0.2, -0.15) is 0 Å². The molecular formula is C16H23N3O4. The minimum atomic E-state index is -0.661. The average Bonchev–Trinajstić information content (AvgIpc) is 2.47. The summed E-state index contributed by atoms with van der Waals surface area (Å²) in [5.41, 5.74) is 5.69. The van der Waals surface area contributed by atoms with E-state index in [9.17, 15) is 9.59 Å². The SMILES string of the molecule is CC(C)COC(=O)CN1C(=O)C(C(C)C)Oc2ccc(N)nc21. The first kappa shape index (κ1) is 17.1. The number of nitrogens with two attached hydrogens (primary N) is 1. The summed E-state index contributed by atoms with van der Waals surface area (Å²) in [5, 5.41) is 0. The minimum Gasteiger partial charge on any atom is -0.476 e. The van der Waals surface area contributed by atoms with E-state index in [1.165, 1.54) is 4.90 Å². The van der Waals surface area contributed by atoms with Gasteiger partial charge in [0.05, 0.1) is 6.61 Å².